The van der Waals surface area contributed by atoms with E-state index in [1.807, 2.05) is 6.07 Å². The maximum Gasteiger partial charge on any atom is 0.387 e. The molecule has 0 saturated carbocycles. The van der Waals surface area contributed by atoms with Crippen LogP contribution in [0.4, 0.5) is 8.78 Å². The van der Waals surface area contributed by atoms with Gasteiger partial charge in [0.25, 0.3) is 0 Å². The van der Waals surface area contributed by atoms with Crippen molar-refractivity contribution < 1.29 is 18.3 Å². The number of halogens is 2. The van der Waals surface area contributed by atoms with E-state index in [1.165, 1.54) is 7.11 Å². The third-order valence-corrected chi connectivity index (χ3v) is 3.26. The normalized spacial score (nSPS) is 12.8. The second-order valence-electron chi connectivity index (χ2n) is 5.00. The van der Waals surface area contributed by atoms with Crippen LogP contribution >= 0.6 is 0 Å². The van der Waals surface area contributed by atoms with Crippen LogP contribution in [0.15, 0.2) is 18.2 Å². The Morgan fingerprint density at radius 2 is 1.90 bits per heavy atom. The van der Waals surface area contributed by atoms with E-state index in [1.54, 1.807) is 12.1 Å². The van der Waals surface area contributed by atoms with Gasteiger partial charge in [-0.3, -0.25) is 0 Å². The number of alkyl halides is 2. The molecule has 0 aliphatic heterocycles. The lowest BCUT2D eigenvalue weighted by atomic mass is 10.0. The van der Waals surface area contributed by atoms with E-state index in [2.05, 4.69) is 30.8 Å². The van der Waals surface area contributed by atoms with Gasteiger partial charge in [-0.2, -0.15) is 8.78 Å². The fourth-order valence-corrected chi connectivity index (χ4v) is 2.12. The molecule has 1 unspecified atom stereocenters. The van der Waals surface area contributed by atoms with Crippen LogP contribution in [-0.4, -0.2) is 19.8 Å². The van der Waals surface area contributed by atoms with Gasteiger partial charge in [0.05, 0.1) is 7.11 Å². The molecule has 1 N–H and O–H groups in total. The van der Waals surface area contributed by atoms with Gasteiger partial charge in [-0.25, -0.2) is 0 Å². The maximum absolute atomic E-state index is 12.3. The molecule has 0 saturated heterocycles. The molecule has 5 heteroatoms. The number of ether oxygens (including phenoxy) is 2. The molecule has 3 nitrogen and oxygen atoms in total. The predicted molar refractivity (Wildman–Crippen MR) is 75.4 cm³/mol. The van der Waals surface area contributed by atoms with Crippen LogP contribution in [0.3, 0.4) is 0 Å². The Labute approximate surface area is 119 Å². The topological polar surface area (TPSA) is 30.5 Å². The average Bonchev–Trinajstić information content (AvgIpc) is 2.38. The van der Waals surface area contributed by atoms with Crippen molar-refractivity contribution in [1.29, 1.82) is 0 Å². The molecule has 1 aromatic rings. The number of nitrogens with one attached hydrogen (secondary N) is 1. The molecule has 0 aromatic heterocycles. The van der Waals surface area contributed by atoms with Crippen molar-refractivity contribution in [3.05, 3.63) is 23.8 Å². The molecule has 0 aliphatic rings. The zero-order chi connectivity index (χ0) is 15.1. The lowest BCUT2D eigenvalue weighted by molar-refractivity contribution is -0.0512. The quantitative estimate of drug-likeness (QED) is 0.788. The summed E-state index contributed by atoms with van der Waals surface area (Å²) in [6.45, 7) is 4.18. The minimum absolute atomic E-state index is 0.0689. The Hall–Kier alpha value is -1.36. The minimum atomic E-state index is -2.86. The van der Waals surface area contributed by atoms with Gasteiger partial charge in [-0.1, -0.05) is 26.8 Å². The standard InChI is InChI=1S/C15H23F2NO2/c1-5-12(10(2)3)18-9-11-6-7-13(19-4)14(8-11)20-15(16)17/h6-8,10,12,15,18H,5,9H2,1-4H3. The van der Waals surface area contributed by atoms with Crippen LogP contribution in [0.2, 0.25) is 0 Å². The first-order chi connectivity index (χ1) is 9.47. The van der Waals surface area contributed by atoms with Crippen molar-refractivity contribution in [1.82, 2.24) is 5.32 Å². The summed E-state index contributed by atoms with van der Waals surface area (Å²) in [4.78, 5) is 0. The van der Waals surface area contributed by atoms with Crippen molar-refractivity contribution in [2.24, 2.45) is 5.92 Å². The lowest BCUT2D eigenvalue weighted by Crippen LogP contribution is -2.32. The summed E-state index contributed by atoms with van der Waals surface area (Å²) in [5.41, 5.74) is 0.889. The van der Waals surface area contributed by atoms with E-state index in [-0.39, 0.29) is 5.75 Å². The van der Waals surface area contributed by atoms with Gasteiger partial charge in [0, 0.05) is 12.6 Å². The molecule has 0 amide bonds. The minimum Gasteiger partial charge on any atom is -0.493 e. The van der Waals surface area contributed by atoms with Gasteiger partial charge in [0.2, 0.25) is 0 Å². The van der Waals surface area contributed by atoms with Crippen molar-refractivity contribution in [2.45, 2.75) is 46.4 Å². The molecule has 0 fully saturated rings. The zero-order valence-corrected chi connectivity index (χ0v) is 12.5. The van der Waals surface area contributed by atoms with Gasteiger partial charge in [-0.15, -0.1) is 0 Å². The Morgan fingerprint density at radius 3 is 2.40 bits per heavy atom. The van der Waals surface area contributed by atoms with E-state index in [4.69, 9.17) is 4.74 Å². The Balaban J connectivity index is 2.76. The van der Waals surface area contributed by atoms with Crippen LogP contribution in [-0.2, 0) is 6.54 Å². The monoisotopic (exact) mass is 287 g/mol. The molecule has 1 rings (SSSR count). The highest BCUT2D eigenvalue weighted by atomic mass is 19.3. The highest BCUT2D eigenvalue weighted by Crippen LogP contribution is 2.29. The first-order valence-corrected chi connectivity index (χ1v) is 6.83. The van der Waals surface area contributed by atoms with Gasteiger partial charge < -0.3 is 14.8 Å². The predicted octanol–water partition coefficient (Wildman–Crippen LogP) is 3.82. The van der Waals surface area contributed by atoms with E-state index < -0.39 is 6.61 Å². The van der Waals surface area contributed by atoms with Crippen molar-refractivity contribution in [2.75, 3.05) is 7.11 Å². The highest BCUT2D eigenvalue weighted by molar-refractivity contribution is 5.43. The number of hydrogen-bond donors (Lipinski definition) is 1. The zero-order valence-electron chi connectivity index (χ0n) is 12.5. The molecule has 0 aliphatic carbocycles. The first-order valence-electron chi connectivity index (χ1n) is 6.83. The molecule has 1 atom stereocenters. The van der Waals surface area contributed by atoms with Crippen LogP contribution < -0.4 is 14.8 Å². The number of benzene rings is 1. The second kappa shape index (κ2) is 8.04. The maximum atomic E-state index is 12.3. The number of hydrogen-bond acceptors (Lipinski definition) is 3. The molecule has 1 aromatic carbocycles. The SMILES string of the molecule is CCC(NCc1ccc(OC)c(OC(F)F)c1)C(C)C. The lowest BCUT2D eigenvalue weighted by Gasteiger charge is -2.21. The summed E-state index contributed by atoms with van der Waals surface area (Å²) in [6.07, 6.45) is 1.02. The van der Waals surface area contributed by atoms with E-state index in [0.29, 0.717) is 24.3 Å². The van der Waals surface area contributed by atoms with Gasteiger partial charge in [-0.05, 0) is 30.0 Å². The van der Waals surface area contributed by atoms with Gasteiger partial charge in [0.1, 0.15) is 0 Å². The third-order valence-electron chi connectivity index (χ3n) is 3.26. The number of rotatable bonds is 8. The fourth-order valence-electron chi connectivity index (χ4n) is 2.12. The molecular weight excluding hydrogens is 264 g/mol. The van der Waals surface area contributed by atoms with Crippen molar-refractivity contribution >= 4 is 0 Å². The molecular formula is C15H23F2NO2. The summed E-state index contributed by atoms with van der Waals surface area (Å²) in [5, 5.41) is 3.42. The van der Waals surface area contributed by atoms with Crippen LogP contribution in [0, 0.1) is 5.92 Å². The van der Waals surface area contributed by atoms with Crippen LogP contribution in [0.5, 0.6) is 11.5 Å². The van der Waals surface area contributed by atoms with E-state index in [0.717, 1.165) is 12.0 Å². The van der Waals surface area contributed by atoms with Crippen LogP contribution in [0.25, 0.3) is 0 Å². The largest absolute Gasteiger partial charge is 0.493 e. The molecule has 0 bridgehead atoms. The summed E-state index contributed by atoms with van der Waals surface area (Å²) < 4.78 is 34.2. The third kappa shape index (κ3) is 4.96. The fraction of sp³-hybridized carbons (Fsp3) is 0.600. The Bertz CT molecular complexity index is 411. The van der Waals surface area contributed by atoms with Crippen molar-refractivity contribution in [3.8, 4) is 11.5 Å². The molecule has 114 valence electrons. The van der Waals surface area contributed by atoms with Gasteiger partial charge >= 0.3 is 6.61 Å². The average molecular weight is 287 g/mol. The number of methoxy groups -OCH3 is 1. The Morgan fingerprint density at radius 1 is 1.20 bits per heavy atom. The highest BCUT2D eigenvalue weighted by Gasteiger charge is 2.13. The summed E-state index contributed by atoms with van der Waals surface area (Å²) in [5.74, 6) is 0.902. The molecule has 0 radical (unpaired) electrons. The van der Waals surface area contributed by atoms with Crippen LogP contribution in [0.1, 0.15) is 32.8 Å². The first kappa shape index (κ1) is 16.7. The summed E-state index contributed by atoms with van der Waals surface area (Å²) in [7, 11) is 1.43. The summed E-state index contributed by atoms with van der Waals surface area (Å²) in [6, 6.07) is 5.48. The summed E-state index contributed by atoms with van der Waals surface area (Å²) >= 11 is 0. The van der Waals surface area contributed by atoms with Gasteiger partial charge in [0.15, 0.2) is 11.5 Å². The van der Waals surface area contributed by atoms with Crippen molar-refractivity contribution in [3.63, 3.8) is 0 Å². The molecule has 0 heterocycles. The van der Waals surface area contributed by atoms with E-state index in [9.17, 15) is 8.78 Å². The Kier molecular flexibility index (Phi) is 6.71. The molecule has 20 heavy (non-hydrogen) atoms. The van der Waals surface area contributed by atoms with E-state index >= 15 is 0 Å². The smallest absolute Gasteiger partial charge is 0.387 e. The molecule has 0 spiro atoms. The second-order valence-corrected chi connectivity index (χ2v) is 5.00.